The summed E-state index contributed by atoms with van der Waals surface area (Å²) in [4.78, 5) is 0. The highest BCUT2D eigenvalue weighted by Gasteiger charge is 1.89. The van der Waals surface area contributed by atoms with E-state index in [9.17, 15) is 0 Å². The van der Waals surface area contributed by atoms with Gasteiger partial charge >= 0.3 is 0 Å². The van der Waals surface area contributed by atoms with Crippen molar-refractivity contribution >= 4 is 0 Å². The monoisotopic (exact) mass is 132 g/mol. The van der Waals surface area contributed by atoms with Crippen molar-refractivity contribution in [3.8, 4) is 0 Å². The molecule has 0 aromatic carbocycles. The molecule has 0 saturated carbocycles. The molecule has 0 radical (unpaired) electrons. The minimum absolute atomic E-state index is 0.386. The molecule has 0 aliphatic rings. The maximum Gasteiger partial charge on any atom is 0.106 e. The fraction of sp³-hybridized carbons (Fsp3) is 1.00. The van der Waals surface area contributed by atoms with Gasteiger partial charge in [-0.3, -0.25) is 5.32 Å². The zero-order valence-electron chi connectivity index (χ0n) is 5.64. The van der Waals surface area contributed by atoms with Crippen LogP contribution < -0.4 is 22.5 Å². The van der Waals surface area contributed by atoms with E-state index >= 15 is 0 Å². The molecule has 7 N–H and O–H groups in total. The van der Waals surface area contributed by atoms with Crippen molar-refractivity contribution in [2.45, 2.75) is 19.1 Å². The Morgan fingerprint density at radius 2 is 1.89 bits per heavy atom. The lowest BCUT2D eigenvalue weighted by Gasteiger charge is -2.06. The van der Waals surface area contributed by atoms with Crippen LogP contribution in [0, 0.1) is 0 Å². The second-order valence-corrected chi connectivity index (χ2v) is 1.98. The molecule has 0 unspecified atom stereocenters. The molecule has 0 amide bonds. The number of nitrogens with one attached hydrogen (secondary N) is 1. The summed E-state index contributed by atoms with van der Waals surface area (Å²) in [6, 6.07) is 0. The summed E-state index contributed by atoms with van der Waals surface area (Å²) in [7, 11) is 0. The largest absolute Gasteiger partial charge is 0.330 e. The van der Waals surface area contributed by atoms with Gasteiger partial charge in [0, 0.05) is 0 Å². The maximum absolute atomic E-state index is 5.26. The molecule has 0 aliphatic carbocycles. The fourth-order valence-electron chi connectivity index (χ4n) is 0.538. The van der Waals surface area contributed by atoms with Crippen LogP contribution in [0.15, 0.2) is 0 Å². The molecule has 4 heteroatoms. The average Bonchev–Trinajstić information content (AvgIpc) is 1.80. The van der Waals surface area contributed by atoms with Crippen LogP contribution >= 0.6 is 0 Å². The molecular weight excluding hydrogens is 116 g/mol. The van der Waals surface area contributed by atoms with E-state index in [1.54, 1.807) is 0 Å². The number of nitrogens with two attached hydrogens (primary N) is 3. The van der Waals surface area contributed by atoms with Crippen LogP contribution in [0.1, 0.15) is 12.8 Å². The summed E-state index contributed by atoms with van der Waals surface area (Å²) in [5.41, 5.74) is 15.7. The molecule has 56 valence electrons. The molecule has 0 atom stereocenters. The molecule has 0 aromatic rings. The summed E-state index contributed by atoms with van der Waals surface area (Å²) in [5.74, 6) is 0. The Morgan fingerprint density at radius 1 is 1.22 bits per heavy atom. The molecule has 0 spiro atoms. The average molecular weight is 132 g/mol. The molecule has 0 saturated heterocycles. The number of rotatable bonds is 5. The van der Waals surface area contributed by atoms with Crippen molar-refractivity contribution < 1.29 is 0 Å². The molecule has 0 fully saturated rings. The first-order valence-corrected chi connectivity index (χ1v) is 3.22. The van der Waals surface area contributed by atoms with Gasteiger partial charge in [-0.15, -0.1) is 0 Å². The van der Waals surface area contributed by atoms with Gasteiger partial charge in [0.05, 0.1) is 0 Å². The van der Waals surface area contributed by atoms with Gasteiger partial charge in [-0.1, -0.05) is 0 Å². The second-order valence-electron chi connectivity index (χ2n) is 1.98. The lowest BCUT2D eigenvalue weighted by Crippen LogP contribution is -2.45. The van der Waals surface area contributed by atoms with Crippen LogP contribution in [-0.2, 0) is 0 Å². The summed E-state index contributed by atoms with van der Waals surface area (Å²) in [6.07, 6.45) is 1.68. The first-order valence-electron chi connectivity index (χ1n) is 3.22. The first-order chi connectivity index (χ1) is 4.27. The van der Waals surface area contributed by atoms with Gasteiger partial charge < -0.3 is 17.2 Å². The quantitative estimate of drug-likeness (QED) is 0.271. The molecule has 4 nitrogen and oxygen atoms in total. The highest BCUT2D eigenvalue weighted by molar-refractivity contribution is 4.49. The predicted octanol–water partition coefficient (Wildman–Crippen LogP) is -1.48. The Hall–Kier alpha value is -0.160. The van der Waals surface area contributed by atoms with Crippen molar-refractivity contribution in [1.29, 1.82) is 0 Å². The van der Waals surface area contributed by atoms with Gasteiger partial charge in [0.15, 0.2) is 0 Å². The molecule has 0 aromatic heterocycles. The Kier molecular flexibility index (Phi) is 5.86. The van der Waals surface area contributed by atoms with Gasteiger partial charge in [0.25, 0.3) is 0 Å². The maximum atomic E-state index is 5.26. The Balaban J connectivity index is 2.75. The van der Waals surface area contributed by atoms with Crippen LogP contribution in [-0.4, -0.2) is 19.4 Å². The third-order valence-electron chi connectivity index (χ3n) is 1.01. The van der Waals surface area contributed by atoms with E-state index in [4.69, 9.17) is 17.2 Å². The molecule has 0 rings (SSSR count). The lowest BCUT2D eigenvalue weighted by atomic mass is 10.3. The van der Waals surface area contributed by atoms with Crippen LogP contribution in [0.25, 0.3) is 0 Å². The van der Waals surface area contributed by atoms with Crippen LogP contribution in [0.4, 0.5) is 0 Å². The zero-order valence-corrected chi connectivity index (χ0v) is 5.64. The number of unbranched alkanes of at least 4 members (excludes halogenated alkanes) is 1. The van der Waals surface area contributed by atoms with E-state index in [1.807, 2.05) is 0 Å². The third kappa shape index (κ3) is 7.84. The second kappa shape index (κ2) is 5.97. The van der Waals surface area contributed by atoms with E-state index in [0.29, 0.717) is 0 Å². The lowest BCUT2D eigenvalue weighted by molar-refractivity contribution is 0.526. The van der Waals surface area contributed by atoms with Gasteiger partial charge in [0.2, 0.25) is 0 Å². The first kappa shape index (κ1) is 8.84. The SMILES string of the molecule is NCCCCNC(N)N. The summed E-state index contributed by atoms with van der Waals surface area (Å²) < 4.78 is 0. The Morgan fingerprint density at radius 3 is 2.33 bits per heavy atom. The van der Waals surface area contributed by atoms with Crippen molar-refractivity contribution in [1.82, 2.24) is 5.32 Å². The fourth-order valence-corrected chi connectivity index (χ4v) is 0.538. The van der Waals surface area contributed by atoms with Gasteiger partial charge in [0.1, 0.15) is 6.29 Å². The molecule has 0 heterocycles. The third-order valence-corrected chi connectivity index (χ3v) is 1.01. The number of hydrogen-bond acceptors (Lipinski definition) is 4. The highest BCUT2D eigenvalue weighted by Crippen LogP contribution is 1.80. The van der Waals surface area contributed by atoms with Crippen molar-refractivity contribution in [3.05, 3.63) is 0 Å². The van der Waals surface area contributed by atoms with Crippen molar-refractivity contribution in [2.24, 2.45) is 17.2 Å². The van der Waals surface area contributed by atoms with Crippen LogP contribution in [0.3, 0.4) is 0 Å². The van der Waals surface area contributed by atoms with Crippen molar-refractivity contribution in [2.75, 3.05) is 13.1 Å². The Bertz CT molecular complexity index is 54.9. The van der Waals surface area contributed by atoms with E-state index < -0.39 is 0 Å². The topological polar surface area (TPSA) is 90.1 Å². The minimum Gasteiger partial charge on any atom is -0.330 e. The molecule has 9 heavy (non-hydrogen) atoms. The molecular formula is C5H16N4. The molecule has 0 bridgehead atoms. The van der Waals surface area contributed by atoms with E-state index in [1.165, 1.54) is 0 Å². The van der Waals surface area contributed by atoms with Crippen molar-refractivity contribution in [3.63, 3.8) is 0 Å². The summed E-state index contributed by atoms with van der Waals surface area (Å²) >= 11 is 0. The highest BCUT2D eigenvalue weighted by atomic mass is 15.1. The predicted molar refractivity (Wildman–Crippen MR) is 38.5 cm³/mol. The van der Waals surface area contributed by atoms with E-state index in [-0.39, 0.29) is 6.29 Å². The molecule has 0 aliphatic heterocycles. The van der Waals surface area contributed by atoms with Gasteiger partial charge in [-0.2, -0.15) is 0 Å². The standard InChI is InChI=1S/C5H16N4/c6-3-1-2-4-9-5(7)8/h5,9H,1-4,6-8H2. The van der Waals surface area contributed by atoms with E-state index in [2.05, 4.69) is 5.32 Å². The minimum atomic E-state index is -0.386. The summed E-state index contributed by atoms with van der Waals surface area (Å²) in [6.45, 7) is 1.59. The number of hydrogen-bond donors (Lipinski definition) is 4. The van der Waals surface area contributed by atoms with Gasteiger partial charge in [-0.05, 0) is 25.9 Å². The summed E-state index contributed by atoms with van der Waals surface area (Å²) in [5, 5.41) is 2.88. The normalized spacial score (nSPS) is 10.7. The van der Waals surface area contributed by atoms with E-state index in [0.717, 1.165) is 25.9 Å². The van der Waals surface area contributed by atoms with Crippen LogP contribution in [0.2, 0.25) is 0 Å². The van der Waals surface area contributed by atoms with Gasteiger partial charge in [-0.25, -0.2) is 0 Å². The smallest absolute Gasteiger partial charge is 0.106 e. The van der Waals surface area contributed by atoms with Crippen LogP contribution in [0.5, 0.6) is 0 Å². The Labute approximate surface area is 55.8 Å². The zero-order chi connectivity index (χ0) is 7.11.